The molecule has 1 amide bonds. The second-order valence-electron chi connectivity index (χ2n) is 5.43. The second-order valence-corrected chi connectivity index (χ2v) is 5.43. The van der Waals surface area contributed by atoms with Gasteiger partial charge in [0, 0.05) is 26.2 Å². The number of nitrogens with zero attached hydrogens (tertiary/aromatic N) is 2. The van der Waals surface area contributed by atoms with Gasteiger partial charge in [-0.2, -0.15) is 0 Å². The van der Waals surface area contributed by atoms with Crippen LogP contribution in [0.3, 0.4) is 0 Å². The summed E-state index contributed by atoms with van der Waals surface area (Å²) in [4.78, 5) is 26.8. The molecule has 0 bridgehead atoms. The number of carbonyl (C=O) groups excluding carboxylic acids is 1. The molecule has 0 aromatic heterocycles. The van der Waals surface area contributed by atoms with Gasteiger partial charge in [0.15, 0.2) is 0 Å². The van der Waals surface area contributed by atoms with Crippen LogP contribution in [0.1, 0.15) is 19.8 Å². The highest BCUT2D eigenvalue weighted by molar-refractivity contribution is 5.79. The number of carboxylic acids is 1. The molecule has 0 aliphatic carbocycles. The van der Waals surface area contributed by atoms with Crippen LogP contribution in [0.2, 0.25) is 0 Å². The lowest BCUT2D eigenvalue weighted by Crippen LogP contribution is -2.39. The third kappa shape index (κ3) is 3.91. The monoisotopic (exact) mass is 270 g/mol. The maximum atomic E-state index is 12.3. The van der Waals surface area contributed by atoms with E-state index >= 15 is 0 Å². The molecule has 2 atom stereocenters. The van der Waals surface area contributed by atoms with Gasteiger partial charge < -0.3 is 14.7 Å². The standard InChI is InChI=1S/C13H22N2O4/c1-10-7-11(9-19-10)13(18)15-4-2-3-14(5-6-15)8-12(16)17/h10-11H,2-9H2,1H3,(H,16,17). The number of carboxylic acid groups (broad SMARTS) is 1. The summed E-state index contributed by atoms with van der Waals surface area (Å²) in [5.74, 6) is -0.652. The molecule has 6 nitrogen and oxygen atoms in total. The van der Waals surface area contributed by atoms with Crippen LogP contribution in [-0.4, -0.2) is 72.2 Å². The first-order chi connectivity index (χ1) is 9.06. The van der Waals surface area contributed by atoms with Gasteiger partial charge in [0.1, 0.15) is 0 Å². The van der Waals surface area contributed by atoms with Crippen LogP contribution in [0.25, 0.3) is 0 Å². The summed E-state index contributed by atoms with van der Waals surface area (Å²) in [5.41, 5.74) is 0. The Morgan fingerprint density at radius 1 is 1.26 bits per heavy atom. The van der Waals surface area contributed by atoms with E-state index in [0.29, 0.717) is 19.7 Å². The lowest BCUT2D eigenvalue weighted by molar-refractivity contribution is -0.138. The Hall–Kier alpha value is -1.14. The molecule has 19 heavy (non-hydrogen) atoms. The van der Waals surface area contributed by atoms with Crippen molar-refractivity contribution in [1.29, 1.82) is 0 Å². The zero-order chi connectivity index (χ0) is 13.8. The van der Waals surface area contributed by atoms with E-state index in [1.54, 1.807) is 0 Å². The van der Waals surface area contributed by atoms with Crippen molar-refractivity contribution >= 4 is 11.9 Å². The van der Waals surface area contributed by atoms with E-state index in [0.717, 1.165) is 25.9 Å². The van der Waals surface area contributed by atoms with E-state index < -0.39 is 5.97 Å². The summed E-state index contributed by atoms with van der Waals surface area (Å²) in [5, 5.41) is 8.80. The summed E-state index contributed by atoms with van der Waals surface area (Å²) < 4.78 is 5.45. The Balaban J connectivity index is 1.85. The largest absolute Gasteiger partial charge is 0.480 e. The molecule has 0 spiro atoms. The smallest absolute Gasteiger partial charge is 0.317 e. The molecule has 2 saturated heterocycles. The van der Waals surface area contributed by atoms with Crippen molar-refractivity contribution in [3.8, 4) is 0 Å². The maximum absolute atomic E-state index is 12.3. The lowest BCUT2D eigenvalue weighted by Gasteiger charge is -2.23. The van der Waals surface area contributed by atoms with Gasteiger partial charge in [-0.25, -0.2) is 0 Å². The van der Waals surface area contributed by atoms with Gasteiger partial charge in [0.25, 0.3) is 0 Å². The highest BCUT2D eigenvalue weighted by Gasteiger charge is 2.32. The van der Waals surface area contributed by atoms with Crippen LogP contribution in [0.4, 0.5) is 0 Å². The molecule has 2 rings (SSSR count). The number of rotatable bonds is 3. The Labute approximate surface area is 113 Å². The summed E-state index contributed by atoms with van der Waals surface area (Å²) in [6.07, 6.45) is 1.81. The number of hydrogen-bond donors (Lipinski definition) is 1. The van der Waals surface area contributed by atoms with Crippen molar-refractivity contribution in [3.05, 3.63) is 0 Å². The van der Waals surface area contributed by atoms with E-state index in [-0.39, 0.29) is 24.5 Å². The SMILES string of the molecule is CC1CC(C(=O)N2CCCN(CC(=O)O)CC2)CO1. The van der Waals surface area contributed by atoms with Crippen LogP contribution < -0.4 is 0 Å². The zero-order valence-electron chi connectivity index (χ0n) is 11.4. The molecule has 2 unspecified atom stereocenters. The number of aliphatic carboxylic acids is 1. The molecule has 2 fully saturated rings. The Morgan fingerprint density at radius 2 is 2.05 bits per heavy atom. The first-order valence-corrected chi connectivity index (χ1v) is 6.91. The van der Waals surface area contributed by atoms with Crippen LogP contribution in [0.15, 0.2) is 0 Å². The van der Waals surface area contributed by atoms with Gasteiger partial charge in [-0.1, -0.05) is 0 Å². The fourth-order valence-electron chi connectivity index (χ4n) is 2.79. The first-order valence-electron chi connectivity index (χ1n) is 6.91. The molecule has 0 aromatic carbocycles. The molecule has 0 saturated carbocycles. The molecule has 0 radical (unpaired) electrons. The van der Waals surface area contributed by atoms with Crippen molar-refractivity contribution in [2.45, 2.75) is 25.9 Å². The van der Waals surface area contributed by atoms with Crippen molar-refractivity contribution in [1.82, 2.24) is 9.80 Å². The Bertz CT molecular complexity index is 348. The fourth-order valence-corrected chi connectivity index (χ4v) is 2.79. The molecule has 2 aliphatic rings. The van der Waals surface area contributed by atoms with Crippen molar-refractivity contribution in [3.63, 3.8) is 0 Å². The predicted octanol–water partition coefficient (Wildman–Crippen LogP) is 0.0303. The molecule has 2 aliphatic heterocycles. The van der Waals surface area contributed by atoms with Gasteiger partial charge >= 0.3 is 5.97 Å². The molecule has 0 aromatic rings. The minimum atomic E-state index is -0.808. The maximum Gasteiger partial charge on any atom is 0.317 e. The van der Waals surface area contributed by atoms with E-state index in [9.17, 15) is 9.59 Å². The van der Waals surface area contributed by atoms with Crippen molar-refractivity contribution < 1.29 is 19.4 Å². The van der Waals surface area contributed by atoms with Crippen LogP contribution in [0.5, 0.6) is 0 Å². The number of hydrogen-bond acceptors (Lipinski definition) is 4. The van der Waals surface area contributed by atoms with Crippen molar-refractivity contribution in [2.24, 2.45) is 5.92 Å². The number of amides is 1. The Kier molecular flexibility index (Phi) is 4.76. The number of ether oxygens (including phenoxy) is 1. The van der Waals surface area contributed by atoms with Crippen molar-refractivity contribution in [2.75, 3.05) is 39.3 Å². The molecule has 6 heteroatoms. The van der Waals surface area contributed by atoms with E-state index in [1.807, 2.05) is 16.7 Å². The van der Waals surface area contributed by atoms with Crippen LogP contribution in [-0.2, 0) is 14.3 Å². The summed E-state index contributed by atoms with van der Waals surface area (Å²) in [6, 6.07) is 0. The third-order valence-corrected chi connectivity index (χ3v) is 3.81. The quantitative estimate of drug-likeness (QED) is 0.783. The van der Waals surface area contributed by atoms with Gasteiger partial charge in [0.05, 0.1) is 25.2 Å². The topological polar surface area (TPSA) is 70.1 Å². The minimum Gasteiger partial charge on any atom is -0.480 e. The molecule has 1 N–H and O–H groups in total. The van der Waals surface area contributed by atoms with Crippen LogP contribution >= 0.6 is 0 Å². The highest BCUT2D eigenvalue weighted by atomic mass is 16.5. The zero-order valence-corrected chi connectivity index (χ0v) is 11.4. The van der Waals surface area contributed by atoms with E-state index in [2.05, 4.69) is 0 Å². The lowest BCUT2D eigenvalue weighted by atomic mass is 10.0. The summed E-state index contributed by atoms with van der Waals surface area (Å²) in [7, 11) is 0. The summed E-state index contributed by atoms with van der Waals surface area (Å²) >= 11 is 0. The minimum absolute atomic E-state index is 0.0129. The summed E-state index contributed by atoms with van der Waals surface area (Å²) in [6.45, 7) is 5.30. The van der Waals surface area contributed by atoms with Gasteiger partial charge in [-0.3, -0.25) is 14.5 Å². The first kappa shape index (κ1) is 14.3. The molecule has 2 heterocycles. The molecular formula is C13H22N2O4. The van der Waals surface area contributed by atoms with Gasteiger partial charge in [-0.15, -0.1) is 0 Å². The normalized spacial score (nSPS) is 29.2. The average molecular weight is 270 g/mol. The van der Waals surface area contributed by atoms with Gasteiger partial charge in [-0.05, 0) is 19.8 Å². The fraction of sp³-hybridized carbons (Fsp3) is 0.846. The third-order valence-electron chi connectivity index (χ3n) is 3.81. The Morgan fingerprint density at radius 3 is 2.68 bits per heavy atom. The van der Waals surface area contributed by atoms with Crippen LogP contribution in [0, 0.1) is 5.92 Å². The van der Waals surface area contributed by atoms with E-state index in [4.69, 9.17) is 9.84 Å². The van der Waals surface area contributed by atoms with E-state index in [1.165, 1.54) is 0 Å². The number of carbonyl (C=O) groups is 2. The molecule has 108 valence electrons. The highest BCUT2D eigenvalue weighted by Crippen LogP contribution is 2.21. The second kappa shape index (κ2) is 6.34. The average Bonchev–Trinajstić information content (AvgIpc) is 2.65. The van der Waals surface area contributed by atoms with Gasteiger partial charge in [0.2, 0.25) is 5.91 Å². The molecular weight excluding hydrogens is 248 g/mol. The predicted molar refractivity (Wildman–Crippen MR) is 68.8 cm³/mol.